The molecule has 0 aliphatic carbocycles. The second kappa shape index (κ2) is 4.23. The highest BCUT2D eigenvalue weighted by Gasteiger charge is 2.10. The van der Waals surface area contributed by atoms with Crippen LogP contribution in [0.15, 0.2) is 22.8 Å². The third kappa shape index (κ3) is 2.42. The standard InChI is InChI=1S/C8H10BrN3O/c1-2-12(8(10)13)7-5-3-4-6(9)11-7/h3-5H,2H2,1H3,(H2,10,13). The van der Waals surface area contributed by atoms with Crippen LogP contribution in [0.1, 0.15) is 6.92 Å². The van der Waals surface area contributed by atoms with Gasteiger partial charge in [0.05, 0.1) is 0 Å². The molecule has 0 atom stereocenters. The van der Waals surface area contributed by atoms with Crippen molar-refractivity contribution in [3.63, 3.8) is 0 Å². The van der Waals surface area contributed by atoms with Crippen LogP contribution in [-0.2, 0) is 0 Å². The molecule has 0 aromatic carbocycles. The minimum absolute atomic E-state index is 0.492. The van der Waals surface area contributed by atoms with Crippen LogP contribution in [0.2, 0.25) is 0 Å². The quantitative estimate of drug-likeness (QED) is 0.805. The first-order valence-electron chi connectivity index (χ1n) is 3.84. The van der Waals surface area contributed by atoms with E-state index in [2.05, 4.69) is 20.9 Å². The maximum atomic E-state index is 10.9. The molecule has 1 rings (SSSR count). The number of carbonyl (C=O) groups excluding carboxylic acids is 1. The number of aromatic nitrogens is 1. The van der Waals surface area contributed by atoms with E-state index >= 15 is 0 Å². The van der Waals surface area contributed by atoms with Gasteiger partial charge in [0.2, 0.25) is 0 Å². The van der Waals surface area contributed by atoms with E-state index in [1.54, 1.807) is 18.2 Å². The molecule has 0 bridgehead atoms. The molecule has 1 aromatic heterocycles. The van der Waals surface area contributed by atoms with Gasteiger partial charge in [0.15, 0.2) is 0 Å². The number of carbonyl (C=O) groups is 1. The molecular formula is C8H10BrN3O. The minimum Gasteiger partial charge on any atom is -0.351 e. The number of hydrogen-bond donors (Lipinski definition) is 1. The Bertz CT molecular complexity index is 316. The second-order valence-electron chi connectivity index (χ2n) is 2.40. The van der Waals surface area contributed by atoms with Crippen LogP contribution in [0.4, 0.5) is 10.6 Å². The predicted molar refractivity (Wildman–Crippen MR) is 54.5 cm³/mol. The number of amides is 2. The molecule has 5 heteroatoms. The molecule has 0 unspecified atom stereocenters. The molecule has 0 fully saturated rings. The van der Waals surface area contributed by atoms with Gasteiger partial charge in [-0.05, 0) is 35.0 Å². The normalized spacial score (nSPS) is 9.69. The summed E-state index contributed by atoms with van der Waals surface area (Å²) in [6.45, 7) is 2.35. The van der Waals surface area contributed by atoms with E-state index in [-0.39, 0.29) is 0 Å². The van der Waals surface area contributed by atoms with E-state index in [4.69, 9.17) is 5.73 Å². The number of primary amides is 1. The van der Waals surface area contributed by atoms with E-state index < -0.39 is 6.03 Å². The smallest absolute Gasteiger partial charge is 0.320 e. The Kier molecular flexibility index (Phi) is 3.25. The third-order valence-corrected chi connectivity index (χ3v) is 2.00. The molecule has 1 heterocycles. The number of hydrogen-bond acceptors (Lipinski definition) is 2. The second-order valence-corrected chi connectivity index (χ2v) is 3.21. The topological polar surface area (TPSA) is 59.2 Å². The summed E-state index contributed by atoms with van der Waals surface area (Å²) in [6.07, 6.45) is 0. The molecule has 2 amide bonds. The number of nitrogens with zero attached hydrogens (tertiary/aromatic N) is 2. The van der Waals surface area contributed by atoms with Gasteiger partial charge in [0, 0.05) is 6.54 Å². The Labute approximate surface area is 84.9 Å². The highest BCUT2D eigenvalue weighted by Crippen LogP contribution is 2.14. The first-order valence-corrected chi connectivity index (χ1v) is 4.64. The highest BCUT2D eigenvalue weighted by atomic mass is 79.9. The lowest BCUT2D eigenvalue weighted by molar-refractivity contribution is 0.254. The third-order valence-electron chi connectivity index (χ3n) is 1.56. The molecule has 1 aromatic rings. The lowest BCUT2D eigenvalue weighted by Gasteiger charge is -2.16. The Balaban J connectivity index is 2.98. The van der Waals surface area contributed by atoms with E-state index in [1.165, 1.54) is 4.90 Å². The van der Waals surface area contributed by atoms with Crippen LogP contribution in [0, 0.1) is 0 Å². The van der Waals surface area contributed by atoms with Gasteiger partial charge in [0.25, 0.3) is 0 Å². The number of rotatable bonds is 2. The summed E-state index contributed by atoms with van der Waals surface area (Å²) in [5.74, 6) is 0.560. The molecule has 0 aliphatic heterocycles. The van der Waals surface area contributed by atoms with Crippen molar-refractivity contribution in [3.05, 3.63) is 22.8 Å². The zero-order valence-electron chi connectivity index (χ0n) is 7.20. The molecule has 0 spiro atoms. The van der Waals surface area contributed by atoms with Gasteiger partial charge < -0.3 is 5.73 Å². The Hall–Kier alpha value is -1.10. The zero-order chi connectivity index (χ0) is 9.84. The summed E-state index contributed by atoms with van der Waals surface area (Å²) < 4.78 is 0.685. The van der Waals surface area contributed by atoms with Crippen molar-refractivity contribution in [1.29, 1.82) is 0 Å². The van der Waals surface area contributed by atoms with Gasteiger partial charge in [-0.2, -0.15) is 0 Å². The summed E-state index contributed by atoms with van der Waals surface area (Å²) in [5, 5.41) is 0. The Morgan fingerprint density at radius 1 is 1.69 bits per heavy atom. The van der Waals surface area contributed by atoms with Crippen molar-refractivity contribution in [2.75, 3.05) is 11.4 Å². The number of anilines is 1. The van der Waals surface area contributed by atoms with Gasteiger partial charge in [-0.1, -0.05) is 6.07 Å². The van der Waals surface area contributed by atoms with Gasteiger partial charge in [0.1, 0.15) is 10.4 Å². The fraction of sp³-hybridized carbons (Fsp3) is 0.250. The van der Waals surface area contributed by atoms with Crippen LogP contribution < -0.4 is 10.6 Å². The van der Waals surface area contributed by atoms with Crippen molar-refractivity contribution < 1.29 is 4.79 Å². The number of pyridine rings is 1. The van der Waals surface area contributed by atoms with Crippen LogP contribution in [0.5, 0.6) is 0 Å². The van der Waals surface area contributed by atoms with Crippen molar-refractivity contribution >= 4 is 27.8 Å². The minimum atomic E-state index is -0.492. The van der Waals surface area contributed by atoms with Crippen molar-refractivity contribution in [2.45, 2.75) is 6.92 Å². The molecule has 13 heavy (non-hydrogen) atoms. The van der Waals surface area contributed by atoms with E-state index in [0.29, 0.717) is 17.0 Å². The van der Waals surface area contributed by atoms with E-state index in [1.807, 2.05) is 6.92 Å². The summed E-state index contributed by atoms with van der Waals surface area (Å²) in [4.78, 5) is 16.4. The summed E-state index contributed by atoms with van der Waals surface area (Å²) in [7, 11) is 0. The average molecular weight is 244 g/mol. The van der Waals surface area contributed by atoms with Crippen LogP contribution in [-0.4, -0.2) is 17.6 Å². The first-order chi connectivity index (χ1) is 6.15. The largest absolute Gasteiger partial charge is 0.351 e. The fourth-order valence-corrected chi connectivity index (χ4v) is 1.31. The molecule has 70 valence electrons. The van der Waals surface area contributed by atoms with E-state index in [9.17, 15) is 4.79 Å². The highest BCUT2D eigenvalue weighted by molar-refractivity contribution is 9.10. The van der Waals surface area contributed by atoms with Gasteiger partial charge in [-0.3, -0.25) is 4.90 Å². The SMILES string of the molecule is CCN(C(N)=O)c1cccc(Br)n1. The number of urea groups is 1. The van der Waals surface area contributed by atoms with Gasteiger partial charge >= 0.3 is 6.03 Å². The maximum Gasteiger partial charge on any atom is 0.320 e. The molecule has 0 radical (unpaired) electrons. The van der Waals surface area contributed by atoms with Crippen LogP contribution >= 0.6 is 15.9 Å². The molecule has 0 saturated carbocycles. The predicted octanol–water partition coefficient (Wildman–Crippen LogP) is 1.75. The van der Waals surface area contributed by atoms with Crippen molar-refractivity contribution in [2.24, 2.45) is 5.73 Å². The van der Waals surface area contributed by atoms with Crippen LogP contribution in [0.3, 0.4) is 0 Å². The first kappa shape index (κ1) is 9.98. The monoisotopic (exact) mass is 243 g/mol. The molecule has 2 N–H and O–H groups in total. The van der Waals surface area contributed by atoms with Gasteiger partial charge in [-0.25, -0.2) is 9.78 Å². The van der Waals surface area contributed by atoms with Gasteiger partial charge in [-0.15, -0.1) is 0 Å². The molecule has 4 nitrogen and oxygen atoms in total. The van der Waals surface area contributed by atoms with Crippen LogP contribution in [0.25, 0.3) is 0 Å². The lowest BCUT2D eigenvalue weighted by atomic mass is 10.4. The summed E-state index contributed by atoms with van der Waals surface area (Å²) >= 11 is 3.22. The molecule has 0 aliphatic rings. The average Bonchev–Trinajstić information content (AvgIpc) is 2.04. The fourth-order valence-electron chi connectivity index (χ4n) is 0.979. The van der Waals surface area contributed by atoms with Crippen molar-refractivity contribution in [3.8, 4) is 0 Å². The zero-order valence-corrected chi connectivity index (χ0v) is 8.78. The molecular weight excluding hydrogens is 234 g/mol. The maximum absolute atomic E-state index is 10.9. The van der Waals surface area contributed by atoms with E-state index in [0.717, 1.165) is 0 Å². The lowest BCUT2D eigenvalue weighted by Crippen LogP contribution is -2.36. The number of nitrogens with two attached hydrogens (primary N) is 1. The van der Waals surface area contributed by atoms with Crippen molar-refractivity contribution in [1.82, 2.24) is 4.98 Å². The Morgan fingerprint density at radius 2 is 2.38 bits per heavy atom. The summed E-state index contributed by atoms with van der Waals surface area (Å²) in [5.41, 5.74) is 5.16. The Morgan fingerprint density at radius 3 is 2.85 bits per heavy atom. The number of halogens is 1. The molecule has 0 saturated heterocycles. The summed E-state index contributed by atoms with van der Waals surface area (Å²) in [6, 6.07) is 4.84.